The number of hydrogen-bond donors (Lipinski definition) is 2. The SMILES string of the molecule is CN(C)CCCNS(=O)(=O)c1ccsc1C(=O)O. The van der Waals surface area contributed by atoms with Crippen molar-refractivity contribution in [2.75, 3.05) is 27.2 Å². The molecule has 0 unspecified atom stereocenters. The molecule has 1 aromatic heterocycles. The lowest BCUT2D eigenvalue weighted by Crippen LogP contribution is -2.28. The highest BCUT2D eigenvalue weighted by Crippen LogP contribution is 2.21. The standard InChI is InChI=1S/C10H16N2O4S2/c1-12(2)6-3-5-11-18(15,16)8-4-7-17-9(8)10(13)14/h4,7,11H,3,5-6H2,1-2H3,(H,13,14). The van der Waals surface area contributed by atoms with E-state index in [2.05, 4.69) is 4.72 Å². The lowest BCUT2D eigenvalue weighted by atomic mass is 10.4. The summed E-state index contributed by atoms with van der Waals surface area (Å²) in [5.74, 6) is -1.22. The molecule has 0 aromatic carbocycles. The lowest BCUT2D eigenvalue weighted by molar-refractivity contribution is 0.0698. The van der Waals surface area contributed by atoms with E-state index in [1.54, 1.807) is 0 Å². The molecule has 0 aliphatic rings. The van der Waals surface area contributed by atoms with Crippen molar-refractivity contribution >= 4 is 27.3 Å². The maximum atomic E-state index is 11.9. The molecule has 1 heterocycles. The highest BCUT2D eigenvalue weighted by Gasteiger charge is 2.23. The predicted octanol–water partition coefficient (Wildman–Crippen LogP) is 0.676. The van der Waals surface area contributed by atoms with E-state index in [-0.39, 0.29) is 16.3 Å². The summed E-state index contributed by atoms with van der Waals surface area (Å²) in [6.07, 6.45) is 0.665. The van der Waals surface area contributed by atoms with Crippen LogP contribution in [0.15, 0.2) is 16.3 Å². The van der Waals surface area contributed by atoms with Crippen molar-refractivity contribution in [3.8, 4) is 0 Å². The Hall–Kier alpha value is -0.960. The fraction of sp³-hybridized carbons (Fsp3) is 0.500. The first-order valence-electron chi connectivity index (χ1n) is 5.30. The fourth-order valence-corrected chi connectivity index (χ4v) is 3.68. The van der Waals surface area contributed by atoms with E-state index < -0.39 is 16.0 Å². The van der Waals surface area contributed by atoms with Crippen molar-refractivity contribution in [3.05, 3.63) is 16.3 Å². The molecule has 8 heteroatoms. The Labute approximate surface area is 110 Å². The zero-order valence-electron chi connectivity index (χ0n) is 10.2. The molecule has 0 aliphatic heterocycles. The molecule has 0 aliphatic carbocycles. The molecule has 1 rings (SSSR count). The monoisotopic (exact) mass is 292 g/mol. The van der Waals surface area contributed by atoms with Crippen molar-refractivity contribution in [2.24, 2.45) is 0 Å². The minimum Gasteiger partial charge on any atom is -0.477 e. The smallest absolute Gasteiger partial charge is 0.347 e. The predicted molar refractivity (Wildman–Crippen MR) is 69.6 cm³/mol. The number of nitrogens with zero attached hydrogens (tertiary/aromatic N) is 1. The van der Waals surface area contributed by atoms with Crippen LogP contribution in [0.4, 0.5) is 0 Å². The second-order valence-corrected chi connectivity index (χ2v) is 6.63. The molecular weight excluding hydrogens is 276 g/mol. The summed E-state index contributed by atoms with van der Waals surface area (Å²) in [4.78, 5) is 12.5. The quantitative estimate of drug-likeness (QED) is 0.722. The number of thiophene rings is 1. The molecular formula is C10H16N2O4S2. The average Bonchev–Trinajstić information content (AvgIpc) is 2.73. The van der Waals surface area contributed by atoms with Gasteiger partial charge >= 0.3 is 5.97 Å². The van der Waals surface area contributed by atoms with Gasteiger partial charge in [0, 0.05) is 6.54 Å². The molecule has 0 atom stereocenters. The molecule has 102 valence electrons. The summed E-state index contributed by atoms with van der Waals surface area (Å²) in [5.41, 5.74) is 0. The van der Waals surface area contributed by atoms with Gasteiger partial charge in [0.05, 0.1) is 0 Å². The first kappa shape index (κ1) is 15.1. The largest absolute Gasteiger partial charge is 0.477 e. The van der Waals surface area contributed by atoms with E-state index in [1.807, 2.05) is 19.0 Å². The van der Waals surface area contributed by atoms with Gasteiger partial charge in [0.15, 0.2) is 0 Å². The van der Waals surface area contributed by atoms with E-state index in [9.17, 15) is 13.2 Å². The topological polar surface area (TPSA) is 86.7 Å². The minimum atomic E-state index is -3.73. The molecule has 0 amide bonds. The molecule has 6 nitrogen and oxygen atoms in total. The molecule has 0 bridgehead atoms. The molecule has 0 saturated carbocycles. The van der Waals surface area contributed by atoms with E-state index in [0.29, 0.717) is 6.42 Å². The summed E-state index contributed by atoms with van der Waals surface area (Å²) in [5, 5.41) is 10.3. The van der Waals surface area contributed by atoms with Crippen molar-refractivity contribution in [1.82, 2.24) is 9.62 Å². The van der Waals surface area contributed by atoms with E-state index >= 15 is 0 Å². The van der Waals surface area contributed by atoms with Crippen LogP contribution >= 0.6 is 11.3 Å². The third-order valence-electron chi connectivity index (χ3n) is 2.19. The number of carboxylic acid groups (broad SMARTS) is 1. The van der Waals surface area contributed by atoms with E-state index in [0.717, 1.165) is 17.9 Å². The highest BCUT2D eigenvalue weighted by molar-refractivity contribution is 7.89. The molecule has 0 spiro atoms. The summed E-state index contributed by atoms with van der Waals surface area (Å²) in [6.45, 7) is 1.05. The fourth-order valence-electron chi connectivity index (χ4n) is 1.34. The third-order valence-corrected chi connectivity index (χ3v) is 4.72. The van der Waals surface area contributed by atoms with Gasteiger partial charge in [-0.25, -0.2) is 17.9 Å². The van der Waals surface area contributed by atoms with Crippen LogP contribution < -0.4 is 4.72 Å². The number of aromatic carboxylic acids is 1. The second-order valence-electron chi connectivity index (χ2n) is 3.97. The van der Waals surface area contributed by atoms with Crippen LogP contribution in [0.25, 0.3) is 0 Å². The van der Waals surface area contributed by atoms with E-state index in [1.165, 1.54) is 11.4 Å². The minimum absolute atomic E-state index is 0.157. The first-order chi connectivity index (χ1) is 8.34. The number of hydrogen-bond acceptors (Lipinski definition) is 5. The lowest BCUT2D eigenvalue weighted by Gasteiger charge is -2.10. The van der Waals surface area contributed by atoms with Crippen LogP contribution in [-0.4, -0.2) is 51.6 Å². The maximum absolute atomic E-state index is 11.9. The number of nitrogens with one attached hydrogen (secondary N) is 1. The Morgan fingerprint density at radius 1 is 1.50 bits per heavy atom. The van der Waals surface area contributed by atoms with Crippen LogP contribution in [0.2, 0.25) is 0 Å². The van der Waals surface area contributed by atoms with Crippen LogP contribution in [-0.2, 0) is 10.0 Å². The Morgan fingerprint density at radius 3 is 2.72 bits per heavy atom. The van der Waals surface area contributed by atoms with Gasteiger partial charge in [-0.15, -0.1) is 11.3 Å². The molecule has 18 heavy (non-hydrogen) atoms. The molecule has 0 fully saturated rings. The number of sulfonamides is 1. The van der Waals surface area contributed by atoms with Gasteiger partial charge in [-0.3, -0.25) is 0 Å². The Balaban J connectivity index is 2.69. The Morgan fingerprint density at radius 2 is 2.17 bits per heavy atom. The average molecular weight is 292 g/mol. The summed E-state index contributed by atoms with van der Waals surface area (Å²) in [6, 6.07) is 1.31. The number of rotatable bonds is 7. The van der Waals surface area contributed by atoms with Gasteiger partial charge in [-0.1, -0.05) is 0 Å². The van der Waals surface area contributed by atoms with Crippen molar-refractivity contribution in [1.29, 1.82) is 0 Å². The van der Waals surface area contributed by atoms with Gasteiger partial charge in [0.25, 0.3) is 0 Å². The van der Waals surface area contributed by atoms with Gasteiger partial charge in [0.2, 0.25) is 10.0 Å². The maximum Gasteiger partial charge on any atom is 0.347 e. The highest BCUT2D eigenvalue weighted by atomic mass is 32.2. The molecule has 2 N–H and O–H groups in total. The Bertz CT molecular complexity index is 508. The van der Waals surface area contributed by atoms with Crippen molar-refractivity contribution < 1.29 is 18.3 Å². The van der Waals surface area contributed by atoms with Gasteiger partial charge < -0.3 is 10.0 Å². The van der Waals surface area contributed by atoms with Crippen LogP contribution in [0.1, 0.15) is 16.1 Å². The third kappa shape index (κ3) is 4.05. The molecule has 0 saturated heterocycles. The van der Waals surface area contributed by atoms with Crippen LogP contribution in [0, 0.1) is 0 Å². The first-order valence-corrected chi connectivity index (χ1v) is 7.66. The summed E-state index contributed by atoms with van der Waals surface area (Å²) in [7, 11) is 0.0679. The van der Waals surface area contributed by atoms with Crippen LogP contribution in [0.3, 0.4) is 0 Å². The Kier molecular flexibility index (Phi) is 5.27. The number of carboxylic acids is 1. The molecule has 0 radical (unpaired) electrons. The molecule has 1 aromatic rings. The number of carbonyl (C=O) groups is 1. The second kappa shape index (κ2) is 6.28. The zero-order valence-corrected chi connectivity index (χ0v) is 11.8. The zero-order chi connectivity index (χ0) is 13.8. The van der Waals surface area contributed by atoms with Gasteiger partial charge in [0.1, 0.15) is 9.77 Å². The van der Waals surface area contributed by atoms with Gasteiger partial charge in [-0.2, -0.15) is 0 Å². The van der Waals surface area contributed by atoms with E-state index in [4.69, 9.17) is 5.11 Å². The van der Waals surface area contributed by atoms with Crippen molar-refractivity contribution in [3.63, 3.8) is 0 Å². The summed E-state index contributed by atoms with van der Waals surface area (Å²) >= 11 is 0.902. The normalized spacial score (nSPS) is 11.9. The van der Waals surface area contributed by atoms with Crippen molar-refractivity contribution in [2.45, 2.75) is 11.3 Å². The van der Waals surface area contributed by atoms with Crippen LogP contribution in [0.5, 0.6) is 0 Å². The summed E-state index contributed by atoms with van der Waals surface area (Å²) < 4.78 is 26.2. The van der Waals surface area contributed by atoms with Gasteiger partial charge in [-0.05, 0) is 38.5 Å².